The number of rotatable bonds is 2. The van der Waals surface area contributed by atoms with E-state index in [1.807, 2.05) is 0 Å². The predicted octanol–water partition coefficient (Wildman–Crippen LogP) is -2.69. The number of nitrogens with zero attached hydrogens (tertiary/aromatic N) is 2. The Labute approximate surface area is 115 Å². The minimum atomic E-state index is -0.802. The van der Waals surface area contributed by atoms with Crippen molar-refractivity contribution in [3.05, 3.63) is 0 Å². The largest absolute Gasteiger partial charge is 0.468 e. The Hall–Kier alpha value is -1.51. The maximum Gasteiger partial charge on any atom is 0.325 e. The second-order valence-corrected chi connectivity index (χ2v) is 5.50. The van der Waals surface area contributed by atoms with Crippen molar-refractivity contribution in [2.45, 2.75) is 24.1 Å². The third kappa shape index (κ3) is 1.68. The van der Waals surface area contributed by atoms with E-state index in [0.717, 1.165) is 4.90 Å². The van der Waals surface area contributed by atoms with Gasteiger partial charge in [0.2, 0.25) is 5.91 Å². The van der Waals surface area contributed by atoms with Gasteiger partial charge in [-0.2, -0.15) is 0 Å². The van der Waals surface area contributed by atoms with Crippen molar-refractivity contribution in [1.29, 1.82) is 0 Å². The number of carbonyl (C=O) groups is 3. The van der Waals surface area contributed by atoms with Gasteiger partial charge in [0.25, 0.3) is 5.91 Å². The second-order valence-electron chi connectivity index (χ2n) is 5.50. The average Bonchev–Trinajstić information content (AvgIpc) is 2.75. The van der Waals surface area contributed by atoms with Gasteiger partial charge in [0, 0.05) is 19.6 Å². The van der Waals surface area contributed by atoms with Crippen LogP contribution in [0.5, 0.6) is 0 Å². The maximum absolute atomic E-state index is 12.6. The molecule has 2 atom stereocenters. The molecule has 20 heavy (non-hydrogen) atoms. The van der Waals surface area contributed by atoms with Crippen LogP contribution in [0.1, 0.15) is 6.42 Å². The Balaban J connectivity index is 1.91. The molecule has 3 heterocycles. The number of hydrogen-bond acceptors (Lipinski definition) is 7. The Morgan fingerprint density at radius 1 is 1.50 bits per heavy atom. The van der Waals surface area contributed by atoms with E-state index in [2.05, 4.69) is 10.1 Å². The third-order valence-corrected chi connectivity index (χ3v) is 4.37. The number of methoxy groups -OCH3 is 1. The van der Waals surface area contributed by atoms with Crippen LogP contribution in [-0.2, 0) is 19.1 Å². The lowest BCUT2D eigenvalue weighted by Gasteiger charge is -2.54. The molecule has 3 aliphatic heterocycles. The molecule has 8 nitrogen and oxygen atoms in total. The van der Waals surface area contributed by atoms with Crippen molar-refractivity contribution in [3.8, 4) is 0 Å². The number of piperazine rings is 1. The fourth-order valence-electron chi connectivity index (χ4n) is 3.23. The van der Waals surface area contributed by atoms with Gasteiger partial charge in [-0.25, -0.2) is 0 Å². The third-order valence-electron chi connectivity index (χ3n) is 4.37. The molecule has 0 aromatic rings. The number of aliphatic hydroxyl groups excluding tert-OH is 1. The lowest BCUT2D eigenvalue weighted by molar-refractivity contribution is -0.174. The molecule has 110 valence electrons. The predicted molar refractivity (Wildman–Crippen MR) is 65.5 cm³/mol. The summed E-state index contributed by atoms with van der Waals surface area (Å²) in [7, 11) is 1.22. The summed E-state index contributed by atoms with van der Waals surface area (Å²) < 4.78 is 4.54. The summed E-state index contributed by atoms with van der Waals surface area (Å²) in [5.74, 6) is -1.42. The summed E-state index contributed by atoms with van der Waals surface area (Å²) >= 11 is 0. The molecule has 3 saturated heterocycles. The summed E-state index contributed by atoms with van der Waals surface area (Å²) in [5, 5.41) is 12.8. The number of carbonyl (C=O) groups excluding carboxylic acids is 3. The van der Waals surface area contributed by atoms with Crippen molar-refractivity contribution in [2.75, 3.05) is 33.3 Å². The van der Waals surface area contributed by atoms with Gasteiger partial charge in [-0.3, -0.25) is 24.2 Å². The Kier molecular flexibility index (Phi) is 3.03. The molecule has 0 aromatic heterocycles. The molecule has 8 heteroatoms. The van der Waals surface area contributed by atoms with E-state index in [0.29, 0.717) is 26.1 Å². The highest BCUT2D eigenvalue weighted by atomic mass is 16.5. The van der Waals surface area contributed by atoms with E-state index in [-0.39, 0.29) is 12.5 Å². The van der Waals surface area contributed by atoms with E-state index >= 15 is 0 Å². The van der Waals surface area contributed by atoms with Crippen LogP contribution in [0.3, 0.4) is 0 Å². The fourth-order valence-corrected chi connectivity index (χ4v) is 3.23. The Bertz CT molecular complexity index is 476. The van der Waals surface area contributed by atoms with Gasteiger partial charge in [0.15, 0.2) is 0 Å². The van der Waals surface area contributed by atoms with Crippen molar-refractivity contribution in [2.24, 2.45) is 0 Å². The zero-order chi connectivity index (χ0) is 14.5. The molecular weight excluding hydrogens is 266 g/mol. The summed E-state index contributed by atoms with van der Waals surface area (Å²) in [4.78, 5) is 39.1. The van der Waals surface area contributed by atoms with Crippen LogP contribution in [0, 0.1) is 0 Å². The first-order valence-corrected chi connectivity index (χ1v) is 6.58. The van der Waals surface area contributed by atoms with E-state index in [9.17, 15) is 19.5 Å². The molecule has 0 bridgehead atoms. The number of fused-ring (bicyclic) bond motifs is 2. The lowest BCUT2D eigenvalue weighted by Crippen LogP contribution is -2.81. The topological polar surface area (TPSA) is 99.2 Å². The lowest BCUT2D eigenvalue weighted by atomic mass is 9.84. The first kappa shape index (κ1) is 13.5. The smallest absolute Gasteiger partial charge is 0.325 e. The standard InChI is InChI=1S/C12H17N3O5/c1-20-9(17)4-14-10(18)8-2-7(16)3-15(8)12(11(14)19)5-13-6-12/h7-8,13,16H,2-6H2,1H3. The highest BCUT2D eigenvalue weighted by molar-refractivity contribution is 6.07. The molecule has 3 rings (SSSR count). The molecule has 2 unspecified atom stereocenters. The number of hydrogen-bond donors (Lipinski definition) is 2. The molecule has 0 aliphatic carbocycles. The van der Waals surface area contributed by atoms with Gasteiger partial charge < -0.3 is 15.2 Å². The Morgan fingerprint density at radius 2 is 2.20 bits per heavy atom. The summed E-state index contributed by atoms with van der Waals surface area (Å²) in [6.07, 6.45) is -0.321. The van der Waals surface area contributed by atoms with Crippen LogP contribution < -0.4 is 5.32 Å². The van der Waals surface area contributed by atoms with Crippen LogP contribution in [-0.4, -0.2) is 83.7 Å². The summed E-state index contributed by atoms with van der Waals surface area (Å²) in [5.41, 5.74) is -0.802. The van der Waals surface area contributed by atoms with Crippen LogP contribution >= 0.6 is 0 Å². The van der Waals surface area contributed by atoms with Gasteiger partial charge in [-0.15, -0.1) is 0 Å². The molecule has 0 radical (unpaired) electrons. The zero-order valence-electron chi connectivity index (χ0n) is 11.2. The molecule has 0 aromatic carbocycles. The normalized spacial score (nSPS) is 32.2. The van der Waals surface area contributed by atoms with E-state index in [1.165, 1.54) is 7.11 Å². The highest BCUT2D eigenvalue weighted by Crippen LogP contribution is 2.36. The molecule has 1 spiro atoms. The second kappa shape index (κ2) is 4.51. The van der Waals surface area contributed by atoms with Crippen LogP contribution in [0.25, 0.3) is 0 Å². The maximum atomic E-state index is 12.6. The summed E-state index contributed by atoms with van der Waals surface area (Å²) in [6, 6.07) is -0.533. The summed E-state index contributed by atoms with van der Waals surface area (Å²) in [6.45, 7) is 0.812. The first-order valence-electron chi connectivity index (χ1n) is 6.58. The minimum absolute atomic E-state index is 0.297. The zero-order valence-corrected chi connectivity index (χ0v) is 11.2. The molecular formula is C12H17N3O5. The first-order chi connectivity index (χ1) is 9.49. The number of β-amino-alcohol motifs (C(OH)–C–C–N with tert-alkyl or cyclic N) is 1. The molecule has 3 aliphatic rings. The van der Waals surface area contributed by atoms with Crippen molar-refractivity contribution < 1.29 is 24.2 Å². The number of amides is 2. The van der Waals surface area contributed by atoms with Crippen molar-refractivity contribution in [1.82, 2.24) is 15.1 Å². The van der Waals surface area contributed by atoms with Gasteiger partial charge in [0.05, 0.1) is 19.3 Å². The highest BCUT2D eigenvalue weighted by Gasteiger charge is 2.62. The van der Waals surface area contributed by atoms with Gasteiger partial charge in [-0.05, 0) is 6.42 Å². The Morgan fingerprint density at radius 3 is 2.75 bits per heavy atom. The number of aliphatic hydroxyl groups is 1. The van der Waals surface area contributed by atoms with Gasteiger partial charge in [-0.1, -0.05) is 0 Å². The average molecular weight is 283 g/mol. The molecule has 2 amide bonds. The number of esters is 1. The number of imide groups is 1. The van der Waals surface area contributed by atoms with Crippen molar-refractivity contribution >= 4 is 17.8 Å². The molecule has 2 N–H and O–H groups in total. The molecule has 0 saturated carbocycles. The van der Waals surface area contributed by atoms with Crippen LogP contribution in [0.2, 0.25) is 0 Å². The van der Waals surface area contributed by atoms with Gasteiger partial charge in [0.1, 0.15) is 12.1 Å². The number of nitrogens with one attached hydrogen (secondary N) is 1. The van der Waals surface area contributed by atoms with E-state index < -0.39 is 29.6 Å². The number of ether oxygens (including phenoxy) is 1. The van der Waals surface area contributed by atoms with E-state index in [4.69, 9.17) is 0 Å². The van der Waals surface area contributed by atoms with Crippen molar-refractivity contribution in [3.63, 3.8) is 0 Å². The monoisotopic (exact) mass is 283 g/mol. The van der Waals surface area contributed by atoms with Gasteiger partial charge >= 0.3 is 5.97 Å². The van der Waals surface area contributed by atoms with E-state index in [1.54, 1.807) is 4.90 Å². The quantitative estimate of drug-likeness (QED) is 0.420. The fraction of sp³-hybridized carbons (Fsp3) is 0.750. The minimum Gasteiger partial charge on any atom is -0.468 e. The SMILES string of the molecule is COC(=O)CN1C(=O)C2CC(O)CN2C2(CNC2)C1=O. The molecule has 3 fully saturated rings. The van der Waals surface area contributed by atoms with Crippen LogP contribution in [0.4, 0.5) is 0 Å². The van der Waals surface area contributed by atoms with Crippen LogP contribution in [0.15, 0.2) is 0 Å².